The molecule has 8 nitrogen and oxygen atoms in total. The van der Waals surface area contributed by atoms with Crippen molar-refractivity contribution in [1.29, 1.82) is 0 Å². The summed E-state index contributed by atoms with van der Waals surface area (Å²) in [5, 5.41) is 5.79. The van der Waals surface area contributed by atoms with Crippen LogP contribution in [0.5, 0.6) is 0 Å². The van der Waals surface area contributed by atoms with Gasteiger partial charge in [-0.2, -0.15) is 18.3 Å². The molecular weight excluding hydrogens is 620 g/mol. The monoisotopic (exact) mass is 632 g/mol. The Morgan fingerprint density at radius 1 is 0.976 bits per heavy atom. The number of alkyl halides is 3. The third-order valence-corrected chi connectivity index (χ3v) is 8.31. The van der Waals surface area contributed by atoms with Gasteiger partial charge in [0.2, 0.25) is 5.13 Å². The number of carbonyl (C=O) groups is 2. The fourth-order valence-electron chi connectivity index (χ4n) is 4.02. The van der Waals surface area contributed by atoms with Gasteiger partial charge in [-0.25, -0.2) is 19.4 Å². The van der Waals surface area contributed by atoms with Crippen molar-refractivity contribution >= 4 is 84.4 Å². The Kier molecular flexibility index (Phi) is 6.69. The van der Waals surface area contributed by atoms with E-state index in [1.807, 2.05) is 0 Å². The lowest BCUT2D eigenvalue weighted by Gasteiger charge is -2.17. The topological polar surface area (TPSA) is 106 Å². The highest BCUT2D eigenvalue weighted by atomic mass is 35.5. The molecule has 2 N–H and O–H groups in total. The average Bonchev–Trinajstić information content (AvgIpc) is 3.66. The van der Waals surface area contributed by atoms with Crippen molar-refractivity contribution in [2.45, 2.75) is 6.18 Å². The number of fused-ring (bicyclic) bond motifs is 2. The molecule has 6 rings (SSSR count). The quantitative estimate of drug-likeness (QED) is 0.160. The Labute approximate surface area is 246 Å². The summed E-state index contributed by atoms with van der Waals surface area (Å²) in [7, 11) is 0. The van der Waals surface area contributed by atoms with E-state index in [1.54, 1.807) is 35.7 Å². The molecule has 0 bridgehead atoms. The molecule has 0 aliphatic carbocycles. The second-order valence-corrected chi connectivity index (χ2v) is 11.4. The largest absolute Gasteiger partial charge is 0.433 e. The van der Waals surface area contributed by atoms with Gasteiger partial charge in [-0.1, -0.05) is 40.6 Å². The molecule has 0 spiro atoms. The van der Waals surface area contributed by atoms with Crippen LogP contribution in [0, 0.1) is 0 Å². The van der Waals surface area contributed by atoms with Gasteiger partial charge < -0.3 is 5.73 Å². The van der Waals surface area contributed by atoms with Crippen LogP contribution in [0.1, 0.15) is 26.5 Å². The van der Waals surface area contributed by atoms with Gasteiger partial charge in [0.05, 0.1) is 31.4 Å². The van der Waals surface area contributed by atoms with Gasteiger partial charge >= 0.3 is 6.18 Å². The number of hydrogen-bond acceptors (Lipinski definition) is 8. The molecule has 0 saturated carbocycles. The minimum atomic E-state index is -4.82. The van der Waals surface area contributed by atoms with Crippen LogP contribution in [-0.2, 0) is 6.18 Å². The number of anilines is 2. The van der Waals surface area contributed by atoms with Crippen LogP contribution in [0.15, 0.2) is 66.0 Å². The van der Waals surface area contributed by atoms with Crippen LogP contribution in [0.25, 0.3) is 26.4 Å². The summed E-state index contributed by atoms with van der Waals surface area (Å²) >= 11 is 14.5. The molecule has 4 heterocycles. The van der Waals surface area contributed by atoms with Crippen LogP contribution in [0.2, 0.25) is 10.0 Å². The number of halogens is 5. The molecule has 15 heteroatoms. The van der Waals surface area contributed by atoms with E-state index >= 15 is 0 Å². The summed E-state index contributed by atoms with van der Waals surface area (Å²) in [5.41, 5.74) is 4.89. The number of benzene rings is 2. The van der Waals surface area contributed by atoms with Crippen LogP contribution in [0.3, 0.4) is 0 Å². The molecule has 4 aromatic heterocycles. The molecule has 0 unspecified atom stereocenters. The van der Waals surface area contributed by atoms with Gasteiger partial charge in [-0.3, -0.25) is 9.59 Å². The van der Waals surface area contributed by atoms with Gasteiger partial charge in [0.25, 0.3) is 11.8 Å². The Balaban J connectivity index is 1.52. The van der Waals surface area contributed by atoms with Gasteiger partial charge in [0.1, 0.15) is 0 Å². The van der Waals surface area contributed by atoms with Crippen LogP contribution >= 0.6 is 45.9 Å². The molecular formula is C26H13Cl2F3N6O2S2. The number of aromatic nitrogens is 4. The number of thiazole rings is 1. The van der Waals surface area contributed by atoms with Crippen molar-refractivity contribution in [3.05, 3.63) is 93.0 Å². The lowest BCUT2D eigenvalue weighted by Crippen LogP contribution is -2.37. The number of imide groups is 1. The third-order valence-electron chi connectivity index (χ3n) is 5.87. The van der Waals surface area contributed by atoms with Crippen LogP contribution in [-0.4, -0.2) is 31.4 Å². The second kappa shape index (κ2) is 10.1. The van der Waals surface area contributed by atoms with Crippen molar-refractivity contribution < 1.29 is 22.8 Å². The van der Waals surface area contributed by atoms with Gasteiger partial charge in [0.15, 0.2) is 17.0 Å². The standard InChI is InChI=1S/C26H13Cl2F3N6O2S2/c27-12-3-5-14(15(28)8-12)23(38)36(25-34-16-6-4-13(32)9-20(16)41-25)24(39)18-11-22-33-17(19-2-1-7-40-19)10-21(26(29,30)31)37(22)35-18/h1-11H,32H2. The maximum absolute atomic E-state index is 14.1. The Bertz CT molecular complexity index is 1990. The van der Waals surface area contributed by atoms with Gasteiger partial charge in [0, 0.05) is 16.8 Å². The van der Waals surface area contributed by atoms with E-state index in [0.717, 1.165) is 23.5 Å². The summed E-state index contributed by atoms with van der Waals surface area (Å²) in [6, 6.07) is 14.2. The zero-order valence-electron chi connectivity index (χ0n) is 20.2. The molecule has 41 heavy (non-hydrogen) atoms. The SMILES string of the molecule is Nc1ccc2nc(N(C(=O)c3cc4nc(-c5cccs5)cc(C(F)(F)F)n4n3)C(=O)c3ccc(Cl)cc3Cl)sc2c1. The Morgan fingerprint density at radius 2 is 1.78 bits per heavy atom. The Hall–Kier alpha value is -4.04. The first-order valence-corrected chi connectivity index (χ1v) is 14.0. The van der Waals surface area contributed by atoms with Crippen molar-refractivity contribution in [3.8, 4) is 10.6 Å². The van der Waals surface area contributed by atoms with Gasteiger partial charge in [-0.05, 0) is 53.9 Å². The van der Waals surface area contributed by atoms with E-state index in [2.05, 4.69) is 15.1 Å². The fraction of sp³-hybridized carbons (Fsp3) is 0.0385. The van der Waals surface area contributed by atoms with E-state index < -0.39 is 29.4 Å². The predicted molar refractivity (Wildman–Crippen MR) is 153 cm³/mol. The highest BCUT2D eigenvalue weighted by molar-refractivity contribution is 7.22. The maximum atomic E-state index is 14.1. The molecule has 0 atom stereocenters. The van der Waals surface area contributed by atoms with Crippen molar-refractivity contribution in [2.24, 2.45) is 0 Å². The fourth-order valence-corrected chi connectivity index (χ4v) is 6.21. The summed E-state index contributed by atoms with van der Waals surface area (Å²) in [6.07, 6.45) is -4.82. The first-order valence-electron chi connectivity index (χ1n) is 11.5. The van der Waals surface area contributed by atoms with Gasteiger partial charge in [-0.15, -0.1) is 11.3 Å². The molecule has 0 fully saturated rings. The molecule has 0 aliphatic rings. The molecule has 0 radical (unpaired) electrons. The third kappa shape index (κ3) is 5.01. The first-order chi connectivity index (χ1) is 19.5. The predicted octanol–water partition coefficient (Wildman–Crippen LogP) is 7.46. The number of nitrogens with zero attached hydrogens (tertiary/aromatic N) is 5. The van der Waals surface area contributed by atoms with Crippen LogP contribution in [0.4, 0.5) is 24.0 Å². The maximum Gasteiger partial charge on any atom is 0.433 e. The number of nitrogens with two attached hydrogens (primary N) is 1. The summed E-state index contributed by atoms with van der Waals surface area (Å²) in [6.45, 7) is 0. The lowest BCUT2D eigenvalue weighted by molar-refractivity contribution is -0.142. The molecule has 0 saturated heterocycles. The van der Waals surface area contributed by atoms with E-state index in [4.69, 9.17) is 28.9 Å². The number of amides is 2. The molecule has 206 valence electrons. The molecule has 2 amide bonds. The van der Waals surface area contributed by atoms with Crippen molar-refractivity contribution in [2.75, 3.05) is 10.6 Å². The number of thiophene rings is 1. The summed E-state index contributed by atoms with van der Waals surface area (Å²) in [4.78, 5) is 37.6. The highest BCUT2D eigenvalue weighted by Gasteiger charge is 2.37. The zero-order chi connectivity index (χ0) is 29.1. The first kappa shape index (κ1) is 27.1. The van der Waals surface area contributed by atoms with Crippen LogP contribution < -0.4 is 10.6 Å². The smallest absolute Gasteiger partial charge is 0.399 e. The lowest BCUT2D eigenvalue weighted by atomic mass is 10.2. The minimum absolute atomic E-state index is 0.0396. The number of carbonyl (C=O) groups excluding carboxylic acids is 2. The zero-order valence-corrected chi connectivity index (χ0v) is 23.3. The van der Waals surface area contributed by atoms with Crippen molar-refractivity contribution in [1.82, 2.24) is 19.6 Å². The summed E-state index contributed by atoms with van der Waals surface area (Å²) < 4.78 is 43.3. The number of rotatable bonds is 4. The highest BCUT2D eigenvalue weighted by Crippen LogP contribution is 2.35. The number of hydrogen-bond donors (Lipinski definition) is 1. The summed E-state index contributed by atoms with van der Waals surface area (Å²) in [5.74, 6) is -1.92. The minimum Gasteiger partial charge on any atom is -0.399 e. The Morgan fingerprint density at radius 3 is 2.49 bits per heavy atom. The molecule has 0 aliphatic heterocycles. The van der Waals surface area contributed by atoms with E-state index in [1.165, 1.54) is 29.5 Å². The van der Waals surface area contributed by atoms with E-state index in [-0.39, 0.29) is 32.1 Å². The van der Waals surface area contributed by atoms with E-state index in [9.17, 15) is 22.8 Å². The van der Waals surface area contributed by atoms with Crippen molar-refractivity contribution in [3.63, 3.8) is 0 Å². The normalized spacial score (nSPS) is 11.8. The average molecular weight is 633 g/mol. The second-order valence-electron chi connectivity index (χ2n) is 8.59. The van der Waals surface area contributed by atoms with E-state index in [0.29, 0.717) is 30.2 Å². The molecule has 2 aromatic carbocycles. The molecule has 6 aromatic rings. The number of nitrogen functional groups attached to an aromatic ring is 1.